The Balaban J connectivity index is 1.34. The van der Waals surface area contributed by atoms with E-state index in [0.29, 0.717) is 5.82 Å². The summed E-state index contributed by atoms with van der Waals surface area (Å²) in [7, 11) is 0. The van der Waals surface area contributed by atoms with Gasteiger partial charge in [-0.1, -0.05) is 18.6 Å². The molecule has 2 aromatic rings. The number of unbranched alkanes of at least 4 members (excludes halogenated alkanes) is 1. The van der Waals surface area contributed by atoms with Gasteiger partial charge in [-0.25, -0.2) is 9.97 Å². The first kappa shape index (κ1) is 17.6. The number of amides is 1. The van der Waals surface area contributed by atoms with Crippen molar-refractivity contribution in [3.8, 4) is 0 Å². The van der Waals surface area contributed by atoms with Gasteiger partial charge in [0.1, 0.15) is 12.1 Å². The molecule has 0 saturated carbocycles. The molecule has 1 aliphatic rings. The SMILES string of the molecule is O=C(CNc1ncnc2ccccc12)NCCCCN1CCCCC1. The molecular weight excluding hydrogens is 314 g/mol. The molecule has 0 bridgehead atoms. The Kier molecular flexibility index (Phi) is 6.56. The molecule has 6 heteroatoms. The molecule has 6 nitrogen and oxygen atoms in total. The average Bonchev–Trinajstić information content (AvgIpc) is 2.67. The quantitative estimate of drug-likeness (QED) is 0.722. The maximum Gasteiger partial charge on any atom is 0.239 e. The molecule has 0 radical (unpaired) electrons. The Morgan fingerprint density at radius 3 is 2.80 bits per heavy atom. The van der Waals surface area contributed by atoms with Crippen molar-refractivity contribution < 1.29 is 4.79 Å². The topological polar surface area (TPSA) is 70.1 Å². The van der Waals surface area contributed by atoms with E-state index in [1.165, 1.54) is 38.7 Å². The van der Waals surface area contributed by atoms with Gasteiger partial charge >= 0.3 is 0 Å². The highest BCUT2D eigenvalue weighted by molar-refractivity contribution is 5.90. The van der Waals surface area contributed by atoms with E-state index in [9.17, 15) is 4.79 Å². The van der Waals surface area contributed by atoms with Crippen molar-refractivity contribution in [2.24, 2.45) is 0 Å². The van der Waals surface area contributed by atoms with Crippen LogP contribution in [0.25, 0.3) is 10.9 Å². The summed E-state index contributed by atoms with van der Waals surface area (Å²) in [5.74, 6) is 0.700. The number of anilines is 1. The van der Waals surface area contributed by atoms with Crippen LogP contribution in [0.3, 0.4) is 0 Å². The zero-order valence-electron chi connectivity index (χ0n) is 14.7. The van der Waals surface area contributed by atoms with Gasteiger partial charge in [-0.2, -0.15) is 0 Å². The second-order valence-electron chi connectivity index (χ2n) is 6.55. The Labute approximate surface area is 149 Å². The van der Waals surface area contributed by atoms with Crippen LogP contribution in [0.1, 0.15) is 32.1 Å². The molecule has 1 aromatic heterocycles. The Morgan fingerprint density at radius 2 is 1.92 bits per heavy atom. The predicted octanol–water partition coefficient (Wildman–Crippen LogP) is 2.42. The van der Waals surface area contributed by atoms with Gasteiger partial charge in [-0.3, -0.25) is 4.79 Å². The number of nitrogens with one attached hydrogen (secondary N) is 2. The molecule has 1 aliphatic heterocycles. The van der Waals surface area contributed by atoms with Gasteiger partial charge in [-0.15, -0.1) is 0 Å². The van der Waals surface area contributed by atoms with Crippen molar-refractivity contribution in [1.29, 1.82) is 0 Å². The lowest BCUT2D eigenvalue weighted by atomic mass is 10.1. The minimum Gasteiger partial charge on any atom is -0.360 e. The fourth-order valence-electron chi connectivity index (χ4n) is 3.24. The fourth-order valence-corrected chi connectivity index (χ4v) is 3.24. The Morgan fingerprint density at radius 1 is 1.08 bits per heavy atom. The lowest BCUT2D eigenvalue weighted by Crippen LogP contribution is -2.33. The van der Waals surface area contributed by atoms with Gasteiger partial charge in [0.2, 0.25) is 5.91 Å². The van der Waals surface area contributed by atoms with Crippen LogP contribution in [0.2, 0.25) is 0 Å². The molecule has 0 unspecified atom stereocenters. The smallest absolute Gasteiger partial charge is 0.239 e. The summed E-state index contributed by atoms with van der Waals surface area (Å²) in [6.45, 7) is 4.60. The van der Waals surface area contributed by atoms with E-state index >= 15 is 0 Å². The van der Waals surface area contributed by atoms with Crippen molar-refractivity contribution in [2.45, 2.75) is 32.1 Å². The summed E-state index contributed by atoms with van der Waals surface area (Å²) in [4.78, 5) is 23.0. The van der Waals surface area contributed by atoms with Gasteiger partial charge < -0.3 is 15.5 Å². The monoisotopic (exact) mass is 341 g/mol. The van der Waals surface area contributed by atoms with Gasteiger partial charge in [-0.05, 0) is 57.5 Å². The minimum atomic E-state index is 0.000617. The number of aromatic nitrogens is 2. The molecule has 1 fully saturated rings. The highest BCUT2D eigenvalue weighted by atomic mass is 16.1. The van der Waals surface area contributed by atoms with Crippen LogP contribution in [-0.2, 0) is 4.79 Å². The normalized spacial score (nSPS) is 15.2. The molecular formula is C19H27N5O. The number of hydrogen-bond donors (Lipinski definition) is 2. The molecule has 3 rings (SSSR count). The summed E-state index contributed by atoms with van der Waals surface area (Å²) in [6, 6.07) is 7.77. The highest BCUT2D eigenvalue weighted by Crippen LogP contribution is 2.17. The summed E-state index contributed by atoms with van der Waals surface area (Å²) in [6.07, 6.45) is 7.73. The molecule has 1 amide bonds. The predicted molar refractivity (Wildman–Crippen MR) is 101 cm³/mol. The lowest BCUT2D eigenvalue weighted by molar-refractivity contribution is -0.119. The maximum absolute atomic E-state index is 12.0. The van der Waals surface area contributed by atoms with E-state index in [4.69, 9.17) is 0 Å². The van der Waals surface area contributed by atoms with Crippen LogP contribution in [0.4, 0.5) is 5.82 Å². The third-order valence-corrected chi connectivity index (χ3v) is 4.63. The molecule has 25 heavy (non-hydrogen) atoms. The number of piperidine rings is 1. The van der Waals surface area contributed by atoms with Gasteiger partial charge in [0.15, 0.2) is 0 Å². The molecule has 0 aliphatic carbocycles. The third kappa shape index (κ3) is 5.39. The number of benzene rings is 1. The second kappa shape index (κ2) is 9.32. The Bertz CT molecular complexity index is 679. The van der Waals surface area contributed by atoms with E-state index in [-0.39, 0.29) is 12.5 Å². The van der Waals surface area contributed by atoms with Crippen molar-refractivity contribution in [1.82, 2.24) is 20.2 Å². The van der Waals surface area contributed by atoms with E-state index in [0.717, 1.165) is 36.8 Å². The molecule has 134 valence electrons. The number of hydrogen-bond acceptors (Lipinski definition) is 5. The first-order valence-electron chi connectivity index (χ1n) is 9.25. The van der Waals surface area contributed by atoms with Crippen LogP contribution < -0.4 is 10.6 Å². The number of fused-ring (bicyclic) bond motifs is 1. The molecule has 2 N–H and O–H groups in total. The molecule has 0 spiro atoms. The van der Waals surface area contributed by atoms with Crippen molar-refractivity contribution >= 4 is 22.6 Å². The van der Waals surface area contributed by atoms with Crippen molar-refractivity contribution in [2.75, 3.05) is 38.0 Å². The van der Waals surface area contributed by atoms with Crippen LogP contribution in [0.5, 0.6) is 0 Å². The lowest BCUT2D eigenvalue weighted by Gasteiger charge is -2.26. The number of carbonyl (C=O) groups is 1. The zero-order valence-corrected chi connectivity index (χ0v) is 14.7. The van der Waals surface area contributed by atoms with Gasteiger partial charge in [0.25, 0.3) is 0 Å². The van der Waals surface area contributed by atoms with Crippen LogP contribution in [0.15, 0.2) is 30.6 Å². The van der Waals surface area contributed by atoms with E-state index in [1.54, 1.807) is 0 Å². The third-order valence-electron chi connectivity index (χ3n) is 4.63. The highest BCUT2D eigenvalue weighted by Gasteiger charge is 2.09. The van der Waals surface area contributed by atoms with E-state index < -0.39 is 0 Å². The van der Waals surface area contributed by atoms with Crippen molar-refractivity contribution in [3.05, 3.63) is 30.6 Å². The van der Waals surface area contributed by atoms with Gasteiger partial charge in [0, 0.05) is 11.9 Å². The molecule has 1 aromatic carbocycles. The second-order valence-corrected chi connectivity index (χ2v) is 6.55. The van der Waals surface area contributed by atoms with E-state index in [2.05, 4.69) is 25.5 Å². The summed E-state index contributed by atoms with van der Waals surface area (Å²) >= 11 is 0. The molecule has 1 saturated heterocycles. The number of likely N-dealkylation sites (tertiary alicyclic amines) is 1. The molecule has 2 heterocycles. The number of nitrogens with zero attached hydrogens (tertiary/aromatic N) is 3. The average molecular weight is 341 g/mol. The fraction of sp³-hybridized carbons (Fsp3) is 0.526. The largest absolute Gasteiger partial charge is 0.360 e. The van der Waals surface area contributed by atoms with Crippen LogP contribution >= 0.6 is 0 Å². The van der Waals surface area contributed by atoms with Gasteiger partial charge in [0.05, 0.1) is 12.1 Å². The number of rotatable bonds is 8. The standard InChI is InChI=1S/C19H27N5O/c25-18(20-10-4-7-13-24-11-5-1-6-12-24)14-21-19-16-8-2-3-9-17(16)22-15-23-19/h2-3,8-9,15H,1,4-7,10-14H2,(H,20,25)(H,21,22,23). The Hall–Kier alpha value is -2.21. The zero-order chi connectivity index (χ0) is 17.3. The first-order valence-corrected chi connectivity index (χ1v) is 9.25. The summed E-state index contributed by atoms with van der Waals surface area (Å²) in [5.41, 5.74) is 0.873. The first-order chi connectivity index (χ1) is 12.3. The van der Waals surface area contributed by atoms with Crippen molar-refractivity contribution in [3.63, 3.8) is 0 Å². The van der Waals surface area contributed by atoms with Crippen LogP contribution in [0, 0.1) is 0 Å². The maximum atomic E-state index is 12.0. The number of carbonyl (C=O) groups excluding carboxylic acids is 1. The van der Waals surface area contributed by atoms with E-state index in [1.807, 2.05) is 24.3 Å². The number of para-hydroxylation sites is 1. The van der Waals surface area contributed by atoms with Crippen LogP contribution in [-0.4, -0.2) is 53.5 Å². The minimum absolute atomic E-state index is 0.000617. The molecule has 0 atom stereocenters. The summed E-state index contributed by atoms with van der Waals surface area (Å²) in [5, 5.41) is 7.01. The summed E-state index contributed by atoms with van der Waals surface area (Å²) < 4.78 is 0.